The van der Waals surface area contributed by atoms with Crippen LogP contribution in [0.2, 0.25) is 0 Å². The number of rotatable bonds is 7. The summed E-state index contributed by atoms with van der Waals surface area (Å²) in [7, 11) is 0. The van der Waals surface area contributed by atoms with Crippen molar-refractivity contribution in [1.29, 1.82) is 0 Å². The summed E-state index contributed by atoms with van der Waals surface area (Å²) in [5.74, 6) is -1.19. The zero-order valence-corrected chi connectivity index (χ0v) is 36.2. The predicted molar refractivity (Wildman–Crippen MR) is 268 cm³/mol. The van der Waals surface area contributed by atoms with E-state index in [9.17, 15) is 2.74 Å². The number of benzene rings is 9. The normalized spacial score (nSPS) is 17.4. The third-order valence-corrected chi connectivity index (χ3v) is 15.1. The molecule has 0 aromatic heterocycles. The molecule has 64 heavy (non-hydrogen) atoms. The highest BCUT2D eigenvalue weighted by atomic mass is 15.1. The van der Waals surface area contributed by atoms with Crippen molar-refractivity contribution >= 4 is 27.8 Å². The van der Waals surface area contributed by atoms with Crippen LogP contribution in [0.15, 0.2) is 200 Å². The molecule has 0 unspecified atom stereocenters. The Morgan fingerprint density at radius 2 is 0.922 bits per heavy atom. The highest BCUT2D eigenvalue weighted by Gasteiger charge is 2.53. The molecule has 2 fully saturated rings. The van der Waals surface area contributed by atoms with Gasteiger partial charge in [-0.1, -0.05) is 202 Å². The summed E-state index contributed by atoms with van der Waals surface area (Å²) in [5.41, 5.74) is 19.7. The standard InChI is InChI=1S/C63H51N/c1-2-20-45(21-3-1)52-25-11-13-30-60(52)64(49-36-32-46(33-37-49)51-27-14-23-44-22-8-9-24-50(44)51)61-31-15-29-57-62(61)55-26-10-12-28-56(55)63(57)58-40-47(42-16-4-5-17-42)34-38-53(58)54-39-35-48(41-59(54)63)43-18-6-7-19-43/h1-3,8-15,20-43H,4-7,16-19H2/i42D,43D. The van der Waals surface area contributed by atoms with Gasteiger partial charge >= 0.3 is 0 Å². The first-order chi connectivity index (χ1) is 32.4. The molecule has 0 aliphatic heterocycles. The molecule has 0 N–H and O–H groups in total. The van der Waals surface area contributed by atoms with Gasteiger partial charge in [-0.3, -0.25) is 0 Å². The lowest BCUT2D eigenvalue weighted by Gasteiger charge is -2.33. The van der Waals surface area contributed by atoms with Crippen molar-refractivity contribution in [3.8, 4) is 44.5 Å². The summed E-state index contributed by atoms with van der Waals surface area (Å²) >= 11 is 0. The SMILES string of the molecule is [2H]C1(c2ccc3c(c2)C2(c4cc(C5([2H])CCCC5)ccc4-3)c3ccccc3-c3c(N(c4ccc(-c5cccc6ccccc56)cc4)c4ccccc4-c4ccccc4)cccc32)CCCC1. The second-order valence-corrected chi connectivity index (χ2v) is 18.4. The smallest absolute Gasteiger partial charge is 0.0726 e. The number of anilines is 3. The Morgan fingerprint density at radius 3 is 1.64 bits per heavy atom. The fourth-order valence-electron chi connectivity index (χ4n) is 12.2. The molecule has 9 aromatic rings. The van der Waals surface area contributed by atoms with Crippen LogP contribution in [0.4, 0.5) is 17.1 Å². The van der Waals surface area contributed by atoms with Gasteiger partial charge in [0.05, 0.1) is 16.8 Å². The Bertz CT molecular complexity index is 3280. The molecule has 0 saturated heterocycles. The lowest BCUT2D eigenvalue weighted by molar-refractivity contribution is 0.710. The minimum absolute atomic E-state index is 0.593. The van der Waals surface area contributed by atoms with Gasteiger partial charge < -0.3 is 4.90 Å². The molecule has 308 valence electrons. The molecule has 1 heteroatoms. The molecule has 0 radical (unpaired) electrons. The van der Waals surface area contributed by atoms with Crippen LogP contribution in [0.5, 0.6) is 0 Å². The second-order valence-electron chi connectivity index (χ2n) is 18.4. The van der Waals surface area contributed by atoms with Crippen LogP contribution in [-0.4, -0.2) is 0 Å². The van der Waals surface area contributed by atoms with Crippen LogP contribution < -0.4 is 4.90 Å². The Morgan fingerprint density at radius 1 is 0.391 bits per heavy atom. The predicted octanol–water partition coefficient (Wildman–Crippen LogP) is 17.3. The first kappa shape index (κ1) is 35.5. The highest BCUT2D eigenvalue weighted by molar-refractivity contribution is 6.03. The van der Waals surface area contributed by atoms with Crippen molar-refractivity contribution < 1.29 is 2.74 Å². The molecule has 0 heterocycles. The lowest BCUT2D eigenvalue weighted by atomic mass is 9.69. The summed E-state index contributed by atoms with van der Waals surface area (Å²) in [6.45, 7) is 0. The molecule has 0 bridgehead atoms. The van der Waals surface area contributed by atoms with Crippen molar-refractivity contribution in [1.82, 2.24) is 0 Å². The number of para-hydroxylation sites is 1. The second kappa shape index (κ2) is 15.1. The molecule has 4 aliphatic carbocycles. The van der Waals surface area contributed by atoms with Crippen LogP contribution in [0, 0.1) is 0 Å². The van der Waals surface area contributed by atoms with Gasteiger partial charge in [0.15, 0.2) is 0 Å². The molecular weight excluding hydrogens is 771 g/mol. The van der Waals surface area contributed by atoms with Gasteiger partial charge in [-0.25, -0.2) is 0 Å². The molecule has 1 nitrogen and oxygen atoms in total. The van der Waals surface area contributed by atoms with Crippen molar-refractivity contribution in [3.05, 3.63) is 234 Å². The maximum absolute atomic E-state index is 9.82. The average molecular weight is 824 g/mol. The Balaban J connectivity index is 1.08. The third kappa shape index (κ3) is 5.69. The van der Waals surface area contributed by atoms with E-state index in [0.29, 0.717) is 0 Å². The zero-order chi connectivity index (χ0) is 44.0. The zero-order valence-electron chi connectivity index (χ0n) is 38.2. The van der Waals surface area contributed by atoms with Gasteiger partial charge in [0.1, 0.15) is 0 Å². The molecular formula is C63H51N. The van der Waals surface area contributed by atoms with Crippen LogP contribution >= 0.6 is 0 Å². The fourth-order valence-corrected chi connectivity index (χ4v) is 12.2. The summed E-state index contributed by atoms with van der Waals surface area (Å²) < 4.78 is 19.6. The average Bonchev–Trinajstić information content (AvgIpc) is 4.16. The quantitative estimate of drug-likeness (QED) is 0.155. The summed E-state index contributed by atoms with van der Waals surface area (Å²) in [4.78, 5) is 2.50. The third-order valence-electron chi connectivity index (χ3n) is 15.1. The van der Waals surface area contributed by atoms with E-state index in [1.54, 1.807) is 0 Å². The lowest BCUT2D eigenvalue weighted by Crippen LogP contribution is -2.26. The van der Waals surface area contributed by atoms with E-state index in [1.807, 2.05) is 0 Å². The van der Waals surface area contributed by atoms with Gasteiger partial charge in [-0.2, -0.15) is 0 Å². The van der Waals surface area contributed by atoms with E-state index in [4.69, 9.17) is 0 Å². The van der Waals surface area contributed by atoms with Crippen molar-refractivity contribution in [2.75, 3.05) is 4.90 Å². The van der Waals surface area contributed by atoms with E-state index >= 15 is 0 Å². The fraction of sp³-hybridized carbons (Fsp3) is 0.175. The van der Waals surface area contributed by atoms with E-state index in [0.717, 1.165) is 85.1 Å². The van der Waals surface area contributed by atoms with Gasteiger partial charge in [0.2, 0.25) is 0 Å². The number of nitrogens with zero attached hydrogens (tertiary/aromatic N) is 1. The topological polar surface area (TPSA) is 3.24 Å². The van der Waals surface area contributed by atoms with Gasteiger partial charge in [0.25, 0.3) is 0 Å². The van der Waals surface area contributed by atoms with Gasteiger partial charge in [-0.15, -0.1) is 0 Å². The van der Waals surface area contributed by atoms with Crippen LogP contribution in [0.3, 0.4) is 0 Å². The minimum Gasteiger partial charge on any atom is -0.309 e. The molecule has 9 aromatic carbocycles. The van der Waals surface area contributed by atoms with E-state index in [-0.39, 0.29) is 0 Å². The van der Waals surface area contributed by atoms with Crippen molar-refractivity contribution in [2.24, 2.45) is 0 Å². The Hall–Kier alpha value is -6.96. The maximum atomic E-state index is 9.82. The number of fused-ring (bicyclic) bond motifs is 11. The first-order valence-electron chi connectivity index (χ1n) is 24.5. The number of hydrogen-bond donors (Lipinski definition) is 0. The molecule has 0 amide bonds. The molecule has 2 saturated carbocycles. The Labute approximate surface area is 380 Å². The van der Waals surface area contributed by atoms with E-state index in [1.165, 1.54) is 72.0 Å². The monoisotopic (exact) mass is 823 g/mol. The van der Waals surface area contributed by atoms with Crippen LogP contribution in [0.25, 0.3) is 55.3 Å². The van der Waals surface area contributed by atoms with E-state index < -0.39 is 17.2 Å². The van der Waals surface area contributed by atoms with Crippen LogP contribution in [-0.2, 0) is 5.41 Å². The van der Waals surface area contributed by atoms with E-state index in [2.05, 4.69) is 205 Å². The summed E-state index contributed by atoms with van der Waals surface area (Å²) in [6, 6.07) is 74.3. The molecule has 13 rings (SSSR count). The van der Waals surface area contributed by atoms with Crippen molar-refractivity contribution in [3.63, 3.8) is 0 Å². The Kier molecular flexibility index (Phi) is 8.37. The maximum Gasteiger partial charge on any atom is 0.0726 e. The van der Waals surface area contributed by atoms with Gasteiger partial charge in [-0.05, 0) is 139 Å². The largest absolute Gasteiger partial charge is 0.309 e. The first-order valence-corrected chi connectivity index (χ1v) is 23.5. The number of hydrogen-bond acceptors (Lipinski definition) is 1. The summed E-state index contributed by atoms with van der Waals surface area (Å²) in [5, 5.41) is 2.49. The minimum atomic E-state index is -0.634. The molecule has 1 spiro atoms. The van der Waals surface area contributed by atoms with Gasteiger partial charge in [0, 0.05) is 19.6 Å². The molecule has 4 aliphatic rings. The van der Waals surface area contributed by atoms with Crippen LogP contribution in [0.1, 0.15) is 99.3 Å². The van der Waals surface area contributed by atoms with Crippen molar-refractivity contribution in [2.45, 2.75) is 68.6 Å². The highest BCUT2D eigenvalue weighted by Crippen LogP contribution is 2.65. The molecule has 0 atom stereocenters. The summed E-state index contributed by atoms with van der Waals surface area (Å²) in [6.07, 6.45) is 7.96.